The van der Waals surface area contributed by atoms with E-state index in [0.717, 1.165) is 0 Å². The number of nitrogens with zero attached hydrogens (tertiary/aromatic N) is 2. The zero-order valence-corrected chi connectivity index (χ0v) is 33.5. The summed E-state index contributed by atoms with van der Waals surface area (Å²) >= 11 is 5.57. The van der Waals surface area contributed by atoms with Gasteiger partial charge < -0.3 is 9.80 Å². The van der Waals surface area contributed by atoms with Crippen LogP contribution in [0.5, 0.6) is 0 Å². The average Bonchev–Trinajstić information content (AvgIpc) is 4.04. The fourth-order valence-corrected chi connectivity index (χ4v) is 12.6. The first kappa shape index (κ1) is 32.6. The lowest BCUT2D eigenvalue weighted by molar-refractivity contribution is 1.26. The van der Waals surface area contributed by atoms with E-state index in [0.29, 0.717) is 0 Å². The Labute approximate surface area is 348 Å². The standard InChI is InChI=1S/C52H31BN2S3/c1-3-12-32(13-4-1)38-28-34-24-26-56-48(34)30-45(38)54-41-18-9-8-17-40(41)53-50-42(54)19-11-20-43(50)55(44-23-22-37-36-16-7-10-21-47(36)58-52(37)51(44)53)46-31-49-35(25-27-57-49)29-39(46)33-14-5-2-6-15-33/h1-31H. The molecule has 8 aromatic carbocycles. The molecule has 5 heterocycles. The van der Waals surface area contributed by atoms with Gasteiger partial charge in [-0.25, -0.2) is 0 Å². The Morgan fingerprint density at radius 2 is 0.931 bits per heavy atom. The first-order valence-corrected chi connectivity index (χ1v) is 22.3. The smallest absolute Gasteiger partial charge is 0.254 e. The number of hydrogen-bond donors (Lipinski definition) is 0. The van der Waals surface area contributed by atoms with Gasteiger partial charge in [0, 0.05) is 58.1 Å². The Morgan fingerprint density at radius 3 is 1.60 bits per heavy atom. The van der Waals surface area contributed by atoms with E-state index >= 15 is 0 Å². The summed E-state index contributed by atoms with van der Waals surface area (Å²) in [6.07, 6.45) is 0. The van der Waals surface area contributed by atoms with Crippen LogP contribution in [0.15, 0.2) is 187 Å². The van der Waals surface area contributed by atoms with Crippen molar-refractivity contribution in [2.24, 2.45) is 0 Å². The van der Waals surface area contributed by atoms with Gasteiger partial charge in [-0.3, -0.25) is 0 Å². The molecule has 0 aliphatic carbocycles. The monoisotopic (exact) mass is 790 g/mol. The van der Waals surface area contributed by atoms with Crippen molar-refractivity contribution in [2.75, 3.05) is 9.80 Å². The number of hydrogen-bond acceptors (Lipinski definition) is 5. The predicted octanol–water partition coefficient (Wildman–Crippen LogP) is 13.9. The van der Waals surface area contributed by atoms with Crippen LogP contribution in [-0.2, 0) is 0 Å². The first-order chi connectivity index (χ1) is 28.8. The van der Waals surface area contributed by atoms with Gasteiger partial charge in [-0.2, -0.15) is 0 Å². The molecule has 0 amide bonds. The third-order valence-corrected chi connectivity index (χ3v) is 15.2. The van der Waals surface area contributed by atoms with Crippen molar-refractivity contribution in [1.29, 1.82) is 0 Å². The highest BCUT2D eigenvalue weighted by Gasteiger charge is 2.45. The lowest BCUT2D eigenvalue weighted by Gasteiger charge is -2.44. The summed E-state index contributed by atoms with van der Waals surface area (Å²) in [6, 6.07) is 65.9. The van der Waals surface area contributed by atoms with E-state index in [9.17, 15) is 0 Å². The van der Waals surface area contributed by atoms with Gasteiger partial charge in [0.25, 0.3) is 6.71 Å². The van der Waals surface area contributed by atoms with Crippen molar-refractivity contribution >= 4 is 132 Å². The highest BCUT2D eigenvalue weighted by molar-refractivity contribution is 7.28. The van der Waals surface area contributed by atoms with Gasteiger partial charge in [-0.15, -0.1) is 34.0 Å². The lowest BCUT2D eigenvalue weighted by Crippen LogP contribution is -2.61. The van der Waals surface area contributed by atoms with Crippen molar-refractivity contribution in [3.05, 3.63) is 187 Å². The normalized spacial score (nSPS) is 13.1. The summed E-state index contributed by atoms with van der Waals surface area (Å²) in [7, 11) is 0. The maximum atomic E-state index is 2.60. The van der Waals surface area contributed by atoms with Gasteiger partial charge in [-0.05, 0) is 121 Å². The zero-order valence-electron chi connectivity index (χ0n) is 31.1. The quantitative estimate of drug-likeness (QED) is 0.164. The van der Waals surface area contributed by atoms with Crippen LogP contribution >= 0.6 is 34.0 Å². The molecule has 0 unspecified atom stereocenters. The van der Waals surface area contributed by atoms with Crippen LogP contribution in [0.4, 0.5) is 34.1 Å². The molecular weight excluding hydrogens is 760 g/mol. The molecule has 0 fully saturated rings. The van der Waals surface area contributed by atoms with E-state index in [4.69, 9.17) is 0 Å². The third-order valence-electron chi connectivity index (χ3n) is 12.2. The Bertz CT molecular complexity index is 3420. The van der Waals surface area contributed by atoms with Crippen molar-refractivity contribution in [1.82, 2.24) is 0 Å². The zero-order chi connectivity index (χ0) is 37.9. The maximum Gasteiger partial charge on any atom is 0.254 e. The Balaban J connectivity index is 1.17. The number of para-hydroxylation sites is 1. The molecule has 2 nitrogen and oxygen atoms in total. The molecular formula is C52H31BN2S3. The second kappa shape index (κ2) is 12.5. The minimum absolute atomic E-state index is 0.0259. The minimum Gasteiger partial charge on any atom is -0.311 e. The van der Waals surface area contributed by atoms with Gasteiger partial charge >= 0.3 is 0 Å². The van der Waals surface area contributed by atoms with Gasteiger partial charge in [0.1, 0.15) is 0 Å². The van der Waals surface area contributed by atoms with Crippen molar-refractivity contribution in [3.63, 3.8) is 0 Å². The molecule has 2 aliphatic heterocycles. The van der Waals surface area contributed by atoms with Crippen LogP contribution in [0, 0.1) is 0 Å². The van der Waals surface area contributed by atoms with Gasteiger partial charge in [-0.1, -0.05) is 109 Å². The summed E-state index contributed by atoms with van der Waals surface area (Å²) in [5.74, 6) is 0. The van der Waals surface area contributed by atoms with E-state index < -0.39 is 0 Å². The van der Waals surface area contributed by atoms with Crippen LogP contribution in [0.25, 0.3) is 62.6 Å². The van der Waals surface area contributed by atoms with Crippen LogP contribution in [0.1, 0.15) is 0 Å². The molecule has 58 heavy (non-hydrogen) atoms. The second-order valence-corrected chi connectivity index (χ2v) is 18.2. The average molecular weight is 791 g/mol. The molecule has 11 aromatic rings. The van der Waals surface area contributed by atoms with Gasteiger partial charge in [0.2, 0.25) is 0 Å². The number of thiophene rings is 3. The molecule has 3 aromatic heterocycles. The van der Waals surface area contributed by atoms with E-state index in [1.54, 1.807) is 0 Å². The van der Waals surface area contributed by atoms with E-state index in [-0.39, 0.29) is 6.71 Å². The second-order valence-electron chi connectivity index (χ2n) is 15.2. The van der Waals surface area contributed by atoms with E-state index in [2.05, 4.69) is 196 Å². The van der Waals surface area contributed by atoms with Crippen molar-refractivity contribution < 1.29 is 0 Å². The summed E-state index contributed by atoms with van der Waals surface area (Å²) in [4.78, 5) is 5.17. The number of rotatable bonds is 4. The summed E-state index contributed by atoms with van der Waals surface area (Å²) in [5, 5.41) is 9.63. The SMILES string of the molecule is c1ccc(-c2cc3ccsc3cc2N2c3ccccc3B3c4c2cccc4N(c2cc4sccc4cc2-c2ccccc2)c2ccc4c(sc5ccccc54)c23)cc1. The van der Waals surface area contributed by atoms with Crippen molar-refractivity contribution in [3.8, 4) is 22.3 Å². The molecule has 270 valence electrons. The highest BCUT2D eigenvalue weighted by atomic mass is 32.1. The molecule has 0 saturated carbocycles. The van der Waals surface area contributed by atoms with Gasteiger partial charge in [0.15, 0.2) is 0 Å². The summed E-state index contributed by atoms with van der Waals surface area (Å²) < 4.78 is 5.26. The van der Waals surface area contributed by atoms with E-state index in [1.807, 2.05) is 34.0 Å². The molecule has 2 aliphatic rings. The van der Waals surface area contributed by atoms with Gasteiger partial charge in [0.05, 0.1) is 11.4 Å². The number of benzene rings is 8. The number of anilines is 6. The predicted molar refractivity (Wildman–Crippen MR) is 255 cm³/mol. The topological polar surface area (TPSA) is 6.48 Å². The molecule has 0 bridgehead atoms. The Hall–Kier alpha value is -6.44. The highest BCUT2D eigenvalue weighted by Crippen LogP contribution is 2.51. The first-order valence-electron chi connectivity index (χ1n) is 19.7. The summed E-state index contributed by atoms with van der Waals surface area (Å²) in [6.45, 7) is 0.0259. The molecule has 0 atom stereocenters. The molecule has 6 heteroatoms. The largest absolute Gasteiger partial charge is 0.311 e. The Morgan fingerprint density at radius 1 is 0.379 bits per heavy atom. The molecule has 0 radical (unpaired) electrons. The third kappa shape index (κ3) is 4.65. The lowest BCUT2D eigenvalue weighted by atomic mass is 9.33. The minimum atomic E-state index is 0.0259. The number of fused-ring (bicyclic) bond motifs is 10. The maximum absolute atomic E-state index is 2.60. The molecule has 0 spiro atoms. The van der Waals surface area contributed by atoms with Crippen LogP contribution in [0.3, 0.4) is 0 Å². The fraction of sp³-hybridized carbons (Fsp3) is 0. The van der Waals surface area contributed by atoms with E-state index in [1.165, 1.54) is 113 Å². The van der Waals surface area contributed by atoms with Crippen LogP contribution in [-0.4, -0.2) is 6.71 Å². The molecule has 13 rings (SSSR count). The molecule has 0 N–H and O–H groups in total. The van der Waals surface area contributed by atoms with Crippen molar-refractivity contribution in [2.45, 2.75) is 0 Å². The molecule has 0 saturated heterocycles. The van der Waals surface area contributed by atoms with Crippen LogP contribution in [0.2, 0.25) is 0 Å². The Kier molecular flexibility index (Phi) is 7.05. The van der Waals surface area contributed by atoms with Crippen LogP contribution < -0.4 is 26.2 Å². The fourth-order valence-electron chi connectivity index (χ4n) is 9.73. The summed E-state index contributed by atoms with van der Waals surface area (Å²) in [5.41, 5.74) is 16.3.